The van der Waals surface area contributed by atoms with Gasteiger partial charge in [0.05, 0.1) is 7.11 Å². The van der Waals surface area contributed by atoms with Gasteiger partial charge in [-0.15, -0.1) is 0 Å². The maximum Gasteiger partial charge on any atom is 0.279 e. The predicted octanol–water partition coefficient (Wildman–Crippen LogP) is 1.76. The number of benzene rings is 1. The summed E-state index contributed by atoms with van der Waals surface area (Å²) in [5.74, 6) is 1.12. The molecular weight excluding hydrogens is 276 g/mol. The summed E-state index contributed by atoms with van der Waals surface area (Å²) in [6.45, 7) is 3.53. The van der Waals surface area contributed by atoms with E-state index in [-0.39, 0.29) is 6.54 Å². The summed E-state index contributed by atoms with van der Waals surface area (Å²) in [7, 11) is -1.83. The second-order valence-corrected chi connectivity index (χ2v) is 7.00. The highest BCUT2D eigenvalue weighted by molar-refractivity contribution is 7.87. The highest BCUT2D eigenvalue weighted by atomic mass is 32.2. The van der Waals surface area contributed by atoms with Crippen molar-refractivity contribution < 1.29 is 13.2 Å². The van der Waals surface area contributed by atoms with Crippen LogP contribution in [0.5, 0.6) is 5.75 Å². The fraction of sp³-hybridized carbons (Fsp3) is 0.571. The van der Waals surface area contributed by atoms with Crippen LogP contribution in [-0.4, -0.2) is 32.9 Å². The average Bonchev–Trinajstić information content (AvgIpc) is 2.45. The summed E-state index contributed by atoms with van der Waals surface area (Å²) in [5, 5.41) is 0. The van der Waals surface area contributed by atoms with Gasteiger partial charge in [-0.1, -0.05) is 25.1 Å². The summed E-state index contributed by atoms with van der Waals surface area (Å²) in [4.78, 5) is 0. The van der Waals surface area contributed by atoms with Gasteiger partial charge < -0.3 is 4.74 Å². The third kappa shape index (κ3) is 3.71. The van der Waals surface area contributed by atoms with Gasteiger partial charge in [0.2, 0.25) is 0 Å². The van der Waals surface area contributed by atoms with Crippen molar-refractivity contribution in [2.75, 3.05) is 20.2 Å². The molecule has 1 saturated heterocycles. The molecule has 6 heteroatoms. The van der Waals surface area contributed by atoms with E-state index in [9.17, 15) is 8.42 Å². The van der Waals surface area contributed by atoms with Crippen LogP contribution in [0.1, 0.15) is 25.3 Å². The number of nitrogens with zero attached hydrogens (tertiary/aromatic N) is 1. The van der Waals surface area contributed by atoms with Crippen LogP contribution in [0.3, 0.4) is 0 Å². The number of ether oxygens (including phenoxy) is 1. The molecule has 0 unspecified atom stereocenters. The van der Waals surface area contributed by atoms with Crippen molar-refractivity contribution in [3.05, 3.63) is 29.8 Å². The van der Waals surface area contributed by atoms with E-state index >= 15 is 0 Å². The zero-order valence-electron chi connectivity index (χ0n) is 12.0. The third-order valence-electron chi connectivity index (χ3n) is 3.60. The standard InChI is InChI=1S/C14H22N2O3S/c1-12-6-5-9-16(11-12)20(17,18)15-10-13-7-3-4-8-14(13)19-2/h3-4,7-8,12,15H,5-6,9-11H2,1-2H3/t12-/m0/s1. The molecule has 1 aliphatic heterocycles. The lowest BCUT2D eigenvalue weighted by atomic mass is 10.0. The first-order valence-corrected chi connectivity index (χ1v) is 8.33. The fourth-order valence-electron chi connectivity index (χ4n) is 2.47. The number of nitrogens with one attached hydrogen (secondary N) is 1. The van der Waals surface area contributed by atoms with Gasteiger partial charge in [0.25, 0.3) is 10.2 Å². The summed E-state index contributed by atoms with van der Waals surface area (Å²) in [5.41, 5.74) is 0.837. The van der Waals surface area contributed by atoms with Crippen molar-refractivity contribution in [2.24, 2.45) is 5.92 Å². The van der Waals surface area contributed by atoms with Gasteiger partial charge in [-0.3, -0.25) is 0 Å². The van der Waals surface area contributed by atoms with E-state index in [0.717, 1.165) is 18.4 Å². The van der Waals surface area contributed by atoms with Crippen molar-refractivity contribution in [2.45, 2.75) is 26.3 Å². The Balaban J connectivity index is 2.02. The molecule has 0 aliphatic carbocycles. The summed E-state index contributed by atoms with van der Waals surface area (Å²) < 4.78 is 34.0. The van der Waals surface area contributed by atoms with E-state index < -0.39 is 10.2 Å². The lowest BCUT2D eigenvalue weighted by molar-refractivity contribution is 0.278. The Bertz CT molecular complexity index is 545. The van der Waals surface area contributed by atoms with Gasteiger partial charge in [0.15, 0.2) is 0 Å². The first-order valence-electron chi connectivity index (χ1n) is 6.89. The monoisotopic (exact) mass is 298 g/mol. The molecule has 2 rings (SSSR count). The highest BCUT2D eigenvalue weighted by Crippen LogP contribution is 2.20. The normalized spacial score (nSPS) is 20.8. The van der Waals surface area contributed by atoms with E-state index in [1.54, 1.807) is 7.11 Å². The van der Waals surface area contributed by atoms with Crippen LogP contribution in [0.25, 0.3) is 0 Å². The average molecular weight is 298 g/mol. The van der Waals surface area contributed by atoms with Crippen molar-refractivity contribution >= 4 is 10.2 Å². The van der Waals surface area contributed by atoms with Crippen LogP contribution in [0.2, 0.25) is 0 Å². The lowest BCUT2D eigenvalue weighted by Gasteiger charge is -2.30. The van der Waals surface area contributed by atoms with Crippen LogP contribution in [0.4, 0.5) is 0 Å². The molecule has 1 N–H and O–H groups in total. The van der Waals surface area contributed by atoms with E-state index in [1.165, 1.54) is 4.31 Å². The minimum absolute atomic E-state index is 0.247. The molecule has 0 aromatic heterocycles. The molecule has 1 aromatic carbocycles. The predicted molar refractivity (Wildman–Crippen MR) is 78.7 cm³/mol. The van der Waals surface area contributed by atoms with Gasteiger partial charge in [-0.25, -0.2) is 0 Å². The molecule has 0 spiro atoms. The van der Waals surface area contributed by atoms with E-state index in [4.69, 9.17) is 4.74 Å². The smallest absolute Gasteiger partial charge is 0.279 e. The minimum Gasteiger partial charge on any atom is -0.496 e. The number of hydrogen-bond donors (Lipinski definition) is 1. The van der Waals surface area contributed by atoms with Crippen LogP contribution in [-0.2, 0) is 16.8 Å². The number of para-hydroxylation sites is 1. The van der Waals surface area contributed by atoms with Gasteiger partial charge >= 0.3 is 0 Å². The molecule has 5 nitrogen and oxygen atoms in total. The quantitative estimate of drug-likeness (QED) is 0.901. The van der Waals surface area contributed by atoms with Gasteiger partial charge in [-0.05, 0) is 24.8 Å². The lowest BCUT2D eigenvalue weighted by Crippen LogP contribution is -2.45. The van der Waals surface area contributed by atoms with Gasteiger partial charge in [0.1, 0.15) is 5.75 Å². The summed E-state index contributed by atoms with van der Waals surface area (Å²) in [6, 6.07) is 7.42. The Labute approximate surface area is 121 Å². The first-order chi connectivity index (χ1) is 9.53. The molecule has 112 valence electrons. The molecule has 0 saturated carbocycles. The molecule has 1 atom stereocenters. The Morgan fingerprint density at radius 3 is 2.85 bits per heavy atom. The number of methoxy groups -OCH3 is 1. The van der Waals surface area contributed by atoms with Crippen molar-refractivity contribution in [1.29, 1.82) is 0 Å². The molecular formula is C14H22N2O3S. The Hall–Kier alpha value is -1.11. The van der Waals surface area contributed by atoms with E-state index in [2.05, 4.69) is 11.6 Å². The molecule has 1 fully saturated rings. The second kappa shape index (κ2) is 6.56. The largest absolute Gasteiger partial charge is 0.496 e. The van der Waals surface area contributed by atoms with Gasteiger partial charge in [-0.2, -0.15) is 17.4 Å². The first kappa shape index (κ1) is 15.3. The van der Waals surface area contributed by atoms with Crippen LogP contribution >= 0.6 is 0 Å². The Morgan fingerprint density at radius 2 is 2.15 bits per heavy atom. The van der Waals surface area contributed by atoms with E-state index in [0.29, 0.717) is 24.8 Å². The Morgan fingerprint density at radius 1 is 1.40 bits per heavy atom. The number of piperidine rings is 1. The zero-order valence-corrected chi connectivity index (χ0v) is 12.8. The SMILES string of the molecule is COc1ccccc1CNS(=O)(=O)N1CCC[C@H](C)C1. The third-order valence-corrected chi connectivity index (χ3v) is 5.12. The van der Waals surface area contributed by atoms with E-state index in [1.807, 2.05) is 24.3 Å². The molecule has 0 amide bonds. The second-order valence-electron chi connectivity index (χ2n) is 5.24. The van der Waals surface area contributed by atoms with Crippen molar-refractivity contribution in [3.63, 3.8) is 0 Å². The van der Waals surface area contributed by atoms with Crippen molar-refractivity contribution in [1.82, 2.24) is 9.03 Å². The van der Waals surface area contributed by atoms with Gasteiger partial charge in [0, 0.05) is 25.2 Å². The maximum atomic E-state index is 12.3. The van der Waals surface area contributed by atoms with Crippen molar-refractivity contribution in [3.8, 4) is 5.75 Å². The maximum absolute atomic E-state index is 12.3. The molecule has 0 radical (unpaired) electrons. The molecule has 1 aliphatic rings. The van der Waals surface area contributed by atoms with Crippen LogP contribution in [0, 0.1) is 5.92 Å². The van der Waals surface area contributed by atoms with Crippen LogP contribution in [0.15, 0.2) is 24.3 Å². The zero-order chi connectivity index (χ0) is 14.6. The van der Waals surface area contributed by atoms with Crippen LogP contribution < -0.4 is 9.46 Å². The number of hydrogen-bond acceptors (Lipinski definition) is 3. The molecule has 0 bridgehead atoms. The Kier molecular flexibility index (Phi) is 5.01. The highest BCUT2D eigenvalue weighted by Gasteiger charge is 2.26. The molecule has 1 aromatic rings. The minimum atomic E-state index is -3.41. The molecule has 20 heavy (non-hydrogen) atoms. The number of rotatable bonds is 5. The fourth-order valence-corrected chi connectivity index (χ4v) is 3.81. The topological polar surface area (TPSA) is 58.6 Å². The molecule has 1 heterocycles. The summed E-state index contributed by atoms with van der Waals surface area (Å²) in [6.07, 6.45) is 2.02. The summed E-state index contributed by atoms with van der Waals surface area (Å²) >= 11 is 0.